The van der Waals surface area contributed by atoms with Gasteiger partial charge in [-0.2, -0.15) is 0 Å². The average Bonchev–Trinajstić information content (AvgIpc) is 2.76. The van der Waals surface area contributed by atoms with Crippen molar-refractivity contribution in [2.45, 2.75) is 25.1 Å². The molecule has 2 aromatic carbocycles. The molecular weight excluding hydrogens is 402 g/mol. The Morgan fingerprint density at radius 2 is 1.90 bits per heavy atom. The van der Waals surface area contributed by atoms with E-state index in [2.05, 4.69) is 10.3 Å². The van der Waals surface area contributed by atoms with E-state index in [0.29, 0.717) is 29.8 Å². The third-order valence-corrected chi connectivity index (χ3v) is 5.74. The Morgan fingerprint density at radius 1 is 1.17 bits per heavy atom. The van der Waals surface area contributed by atoms with Gasteiger partial charge < -0.3 is 14.8 Å². The minimum absolute atomic E-state index is 0.123. The van der Waals surface area contributed by atoms with E-state index in [0.717, 1.165) is 11.3 Å². The van der Waals surface area contributed by atoms with Gasteiger partial charge in [0.15, 0.2) is 16.7 Å². The Labute approximate surface area is 180 Å². The number of aliphatic imine (C=N–C) groups is 1. The zero-order valence-electron chi connectivity index (χ0n) is 17.3. The van der Waals surface area contributed by atoms with E-state index in [9.17, 15) is 9.59 Å². The predicted octanol–water partition coefficient (Wildman–Crippen LogP) is 3.36. The fourth-order valence-corrected chi connectivity index (χ4v) is 4.18. The van der Waals surface area contributed by atoms with E-state index >= 15 is 0 Å². The minimum Gasteiger partial charge on any atom is -0.493 e. The van der Waals surface area contributed by atoms with Gasteiger partial charge in [0.25, 0.3) is 0 Å². The third kappa shape index (κ3) is 5.13. The van der Waals surface area contributed by atoms with Crippen LogP contribution < -0.4 is 14.8 Å². The maximum atomic E-state index is 13.0. The molecule has 158 valence electrons. The number of ether oxygens (including phenoxy) is 2. The van der Waals surface area contributed by atoms with Crippen LogP contribution in [0.5, 0.6) is 11.5 Å². The lowest BCUT2D eigenvalue weighted by molar-refractivity contribution is -0.130. The first-order chi connectivity index (χ1) is 14.5. The highest BCUT2D eigenvalue weighted by Gasteiger charge is 2.35. The SMILES string of the molecule is CCNC(=O)C1CC(=O)N(Cc2ccc(OC)c(OC)c2)C(=Nc2ccccc2)S1. The third-order valence-electron chi connectivity index (χ3n) is 4.55. The molecule has 0 radical (unpaired) electrons. The van der Waals surface area contributed by atoms with Crippen molar-refractivity contribution in [2.24, 2.45) is 4.99 Å². The number of hydrogen-bond donors (Lipinski definition) is 1. The summed E-state index contributed by atoms with van der Waals surface area (Å²) in [5.41, 5.74) is 1.60. The number of nitrogens with one attached hydrogen (secondary N) is 1. The molecule has 1 saturated heterocycles. The molecule has 8 heteroatoms. The van der Waals surface area contributed by atoms with Gasteiger partial charge in [0.1, 0.15) is 0 Å². The molecule has 1 aliphatic heterocycles. The number of hydrogen-bond acceptors (Lipinski definition) is 6. The number of rotatable bonds is 7. The van der Waals surface area contributed by atoms with Crippen LogP contribution in [-0.4, -0.2) is 47.9 Å². The van der Waals surface area contributed by atoms with Crippen molar-refractivity contribution < 1.29 is 19.1 Å². The number of carbonyl (C=O) groups is 2. The van der Waals surface area contributed by atoms with E-state index in [1.165, 1.54) is 11.8 Å². The highest BCUT2D eigenvalue weighted by molar-refractivity contribution is 8.15. The maximum absolute atomic E-state index is 13.0. The van der Waals surface area contributed by atoms with Crippen molar-refractivity contribution in [2.75, 3.05) is 20.8 Å². The second-order valence-electron chi connectivity index (χ2n) is 6.60. The van der Waals surface area contributed by atoms with Crippen LogP contribution >= 0.6 is 11.8 Å². The van der Waals surface area contributed by atoms with Crippen molar-refractivity contribution in [1.29, 1.82) is 0 Å². The summed E-state index contributed by atoms with van der Waals surface area (Å²) >= 11 is 1.31. The topological polar surface area (TPSA) is 80.2 Å². The lowest BCUT2D eigenvalue weighted by Gasteiger charge is -2.32. The number of para-hydroxylation sites is 1. The van der Waals surface area contributed by atoms with E-state index in [1.807, 2.05) is 49.4 Å². The van der Waals surface area contributed by atoms with E-state index in [1.54, 1.807) is 25.2 Å². The lowest BCUT2D eigenvalue weighted by atomic mass is 10.1. The van der Waals surface area contributed by atoms with Crippen LogP contribution in [0.15, 0.2) is 53.5 Å². The summed E-state index contributed by atoms with van der Waals surface area (Å²) in [6, 6.07) is 14.9. The second kappa shape index (κ2) is 10.2. The predicted molar refractivity (Wildman–Crippen MR) is 118 cm³/mol. The average molecular weight is 428 g/mol. The summed E-state index contributed by atoms with van der Waals surface area (Å²) in [5, 5.41) is 2.80. The summed E-state index contributed by atoms with van der Waals surface area (Å²) in [5.74, 6) is 0.917. The lowest BCUT2D eigenvalue weighted by Crippen LogP contribution is -2.46. The van der Waals surface area contributed by atoms with Gasteiger partial charge in [-0.1, -0.05) is 36.0 Å². The van der Waals surface area contributed by atoms with E-state index in [4.69, 9.17) is 9.47 Å². The van der Waals surface area contributed by atoms with Crippen LogP contribution in [0.4, 0.5) is 5.69 Å². The zero-order chi connectivity index (χ0) is 21.5. The molecule has 2 amide bonds. The standard InChI is InChI=1S/C22H25N3O4S/c1-4-23-21(27)19-13-20(26)25(22(30-19)24-16-8-6-5-7-9-16)14-15-10-11-17(28-2)18(12-15)29-3/h5-12,19H,4,13-14H2,1-3H3,(H,23,27). The molecule has 0 spiro atoms. The van der Waals surface area contributed by atoms with Gasteiger partial charge in [0.2, 0.25) is 11.8 Å². The van der Waals surface area contributed by atoms with Crippen LogP contribution in [0.25, 0.3) is 0 Å². The van der Waals surface area contributed by atoms with Crippen molar-refractivity contribution in [3.05, 3.63) is 54.1 Å². The fourth-order valence-electron chi connectivity index (χ4n) is 3.06. The molecule has 0 aromatic heterocycles. The number of carbonyl (C=O) groups excluding carboxylic acids is 2. The zero-order valence-corrected chi connectivity index (χ0v) is 18.1. The molecule has 1 atom stereocenters. The quantitative estimate of drug-likeness (QED) is 0.733. The maximum Gasteiger partial charge on any atom is 0.234 e. The first kappa shape index (κ1) is 21.7. The van der Waals surface area contributed by atoms with Crippen molar-refractivity contribution in [3.8, 4) is 11.5 Å². The molecule has 7 nitrogen and oxygen atoms in total. The smallest absolute Gasteiger partial charge is 0.234 e. The number of benzene rings is 2. The van der Waals surface area contributed by atoms with Gasteiger partial charge in [-0.15, -0.1) is 0 Å². The van der Waals surface area contributed by atoms with E-state index < -0.39 is 5.25 Å². The van der Waals surface area contributed by atoms with Crippen LogP contribution in [-0.2, 0) is 16.1 Å². The molecule has 2 aromatic rings. The Morgan fingerprint density at radius 3 is 2.57 bits per heavy atom. The summed E-state index contributed by atoms with van der Waals surface area (Å²) < 4.78 is 10.7. The van der Waals surface area contributed by atoms with Crippen LogP contribution in [0, 0.1) is 0 Å². The Balaban J connectivity index is 1.91. The van der Waals surface area contributed by atoms with Crippen molar-refractivity contribution in [3.63, 3.8) is 0 Å². The highest BCUT2D eigenvalue weighted by Crippen LogP contribution is 2.32. The molecule has 3 rings (SSSR count). The fraction of sp³-hybridized carbons (Fsp3) is 0.318. The highest BCUT2D eigenvalue weighted by atomic mass is 32.2. The summed E-state index contributed by atoms with van der Waals surface area (Å²) in [4.78, 5) is 31.6. The first-order valence-electron chi connectivity index (χ1n) is 9.65. The van der Waals surface area contributed by atoms with E-state index in [-0.39, 0.29) is 18.2 Å². The van der Waals surface area contributed by atoms with Gasteiger partial charge in [0, 0.05) is 13.0 Å². The Bertz CT molecular complexity index is 933. The molecular formula is C22H25N3O4S. The van der Waals surface area contributed by atoms with Gasteiger partial charge in [0.05, 0.1) is 31.7 Å². The van der Waals surface area contributed by atoms with Gasteiger partial charge in [-0.05, 0) is 36.8 Å². The number of amides is 2. The molecule has 1 aliphatic rings. The normalized spacial score (nSPS) is 17.7. The van der Waals surface area contributed by atoms with Crippen LogP contribution in [0.3, 0.4) is 0 Å². The number of amidine groups is 1. The van der Waals surface area contributed by atoms with Crippen molar-refractivity contribution >= 4 is 34.4 Å². The molecule has 1 fully saturated rings. The largest absolute Gasteiger partial charge is 0.493 e. The van der Waals surface area contributed by atoms with Crippen LogP contribution in [0.1, 0.15) is 18.9 Å². The Kier molecular flexibility index (Phi) is 7.35. The molecule has 1 unspecified atom stereocenters. The first-order valence-corrected chi connectivity index (χ1v) is 10.5. The van der Waals surface area contributed by atoms with Crippen molar-refractivity contribution in [1.82, 2.24) is 10.2 Å². The number of nitrogens with zero attached hydrogens (tertiary/aromatic N) is 2. The molecule has 0 saturated carbocycles. The molecule has 30 heavy (non-hydrogen) atoms. The summed E-state index contributed by atoms with van der Waals surface area (Å²) in [6.07, 6.45) is 0.123. The Hall–Kier alpha value is -3.00. The molecule has 0 aliphatic carbocycles. The minimum atomic E-state index is -0.499. The molecule has 1 N–H and O–H groups in total. The monoisotopic (exact) mass is 427 g/mol. The number of thioether (sulfide) groups is 1. The van der Waals surface area contributed by atoms with Crippen LogP contribution in [0.2, 0.25) is 0 Å². The molecule has 1 heterocycles. The number of methoxy groups -OCH3 is 2. The van der Waals surface area contributed by atoms with Gasteiger partial charge in [-0.3, -0.25) is 14.5 Å². The van der Waals surface area contributed by atoms with Gasteiger partial charge >= 0.3 is 0 Å². The molecule has 0 bridgehead atoms. The summed E-state index contributed by atoms with van der Waals surface area (Å²) in [6.45, 7) is 2.69. The van der Waals surface area contributed by atoms with Gasteiger partial charge in [-0.25, -0.2) is 4.99 Å². The summed E-state index contributed by atoms with van der Waals surface area (Å²) in [7, 11) is 3.15. The second-order valence-corrected chi connectivity index (χ2v) is 7.77.